The fourth-order valence-corrected chi connectivity index (χ4v) is 1.07. The number of hydrogen-bond acceptors (Lipinski definition) is 1. The van der Waals surface area contributed by atoms with Crippen molar-refractivity contribution in [1.82, 2.24) is 4.98 Å². The third kappa shape index (κ3) is 2.40. The Labute approximate surface area is 87.8 Å². The molecule has 0 radical (unpaired) electrons. The molecule has 0 saturated carbocycles. The monoisotopic (exact) mass is 212 g/mol. The largest absolute Gasteiger partial charge is 0.305 e. The second kappa shape index (κ2) is 4.78. The first kappa shape index (κ1) is 9.95. The molecule has 0 bridgehead atoms. The fourth-order valence-electron chi connectivity index (χ4n) is 1.07. The summed E-state index contributed by atoms with van der Waals surface area (Å²) in [6.07, 6.45) is 1.79. The Balaban J connectivity index is 0.000000845. The molecule has 1 aromatic carbocycles. The van der Waals surface area contributed by atoms with Crippen LogP contribution in [0.4, 0.5) is 0 Å². The number of benzene rings is 1. The summed E-state index contributed by atoms with van der Waals surface area (Å²) >= 11 is 0. The van der Waals surface area contributed by atoms with Crippen LogP contribution in [0.25, 0.3) is 11.3 Å². The molecule has 0 unspecified atom stereocenters. The second-order valence-corrected chi connectivity index (χ2v) is 2.49. The van der Waals surface area contributed by atoms with Gasteiger partial charge in [-0.1, -0.05) is 12.1 Å². The van der Waals surface area contributed by atoms with Crippen LogP contribution >= 0.6 is 0 Å². The molecule has 13 heavy (non-hydrogen) atoms. The van der Waals surface area contributed by atoms with Crippen molar-refractivity contribution in [2.45, 2.75) is 0 Å². The minimum absolute atomic E-state index is 0. The summed E-state index contributed by atoms with van der Waals surface area (Å²) in [5, 5.41) is 0. The molecule has 2 aromatic rings. The van der Waals surface area contributed by atoms with Crippen LogP contribution in [0.2, 0.25) is 0 Å². The Bertz CT molecular complexity index is 307. The topological polar surface area (TPSA) is 12.9 Å². The Morgan fingerprint density at radius 1 is 1.00 bits per heavy atom. The predicted octanol–water partition coefficient (Wildman–Crippen LogP) is 2.55. The van der Waals surface area contributed by atoms with E-state index in [2.05, 4.69) is 11.1 Å². The molecular formula is C11H8NNi-. The van der Waals surface area contributed by atoms with Gasteiger partial charge in [0, 0.05) is 22.7 Å². The van der Waals surface area contributed by atoms with E-state index in [1.165, 1.54) is 0 Å². The zero-order chi connectivity index (χ0) is 8.23. The molecule has 1 aromatic heterocycles. The van der Waals surface area contributed by atoms with Gasteiger partial charge in [-0.3, -0.25) is 0 Å². The summed E-state index contributed by atoms with van der Waals surface area (Å²) in [5.74, 6) is 0. The van der Waals surface area contributed by atoms with E-state index in [9.17, 15) is 0 Å². The number of nitrogens with zero attached hydrogens (tertiary/aromatic N) is 1. The smallest absolute Gasteiger partial charge is 0.0160 e. The van der Waals surface area contributed by atoms with Gasteiger partial charge in [-0.05, 0) is 11.8 Å². The Hall–Kier alpha value is -1.14. The van der Waals surface area contributed by atoms with Crippen molar-refractivity contribution in [2.24, 2.45) is 0 Å². The SMILES string of the molecule is [Ni].[c-]1ccccc1-c1ccccn1. The van der Waals surface area contributed by atoms with Crippen LogP contribution in [0, 0.1) is 6.07 Å². The Morgan fingerprint density at radius 3 is 2.46 bits per heavy atom. The Kier molecular flexibility index (Phi) is 3.66. The fraction of sp³-hybridized carbons (Fsp3) is 0. The van der Waals surface area contributed by atoms with E-state index in [1.54, 1.807) is 6.20 Å². The van der Waals surface area contributed by atoms with E-state index in [-0.39, 0.29) is 16.5 Å². The average molecular weight is 213 g/mol. The van der Waals surface area contributed by atoms with Crippen molar-refractivity contribution in [1.29, 1.82) is 0 Å². The van der Waals surface area contributed by atoms with Gasteiger partial charge in [0.2, 0.25) is 0 Å². The molecule has 68 valence electrons. The molecule has 0 aliphatic heterocycles. The molecule has 2 rings (SSSR count). The van der Waals surface area contributed by atoms with Crippen LogP contribution in [0.3, 0.4) is 0 Å². The van der Waals surface area contributed by atoms with Crippen molar-refractivity contribution in [3.8, 4) is 11.3 Å². The van der Waals surface area contributed by atoms with Gasteiger partial charge in [-0.2, -0.15) is 0 Å². The van der Waals surface area contributed by atoms with Crippen LogP contribution in [0.1, 0.15) is 0 Å². The molecule has 2 heteroatoms. The third-order valence-corrected chi connectivity index (χ3v) is 1.65. The van der Waals surface area contributed by atoms with E-state index < -0.39 is 0 Å². The Morgan fingerprint density at radius 2 is 1.85 bits per heavy atom. The van der Waals surface area contributed by atoms with Gasteiger partial charge in [-0.15, -0.1) is 35.9 Å². The summed E-state index contributed by atoms with van der Waals surface area (Å²) in [5.41, 5.74) is 2.01. The molecular weight excluding hydrogens is 205 g/mol. The van der Waals surface area contributed by atoms with Gasteiger partial charge in [0.05, 0.1) is 0 Å². The summed E-state index contributed by atoms with van der Waals surface area (Å²) in [7, 11) is 0. The first-order valence-corrected chi connectivity index (χ1v) is 3.85. The predicted molar refractivity (Wildman–Crippen MR) is 48.5 cm³/mol. The zero-order valence-corrected chi connectivity index (χ0v) is 7.87. The molecule has 0 spiro atoms. The molecule has 0 aliphatic rings. The maximum Gasteiger partial charge on any atom is 0.0160 e. The first-order chi connectivity index (χ1) is 5.97. The average Bonchev–Trinajstić information content (AvgIpc) is 2.21. The molecule has 0 aliphatic carbocycles. The van der Waals surface area contributed by atoms with E-state index in [0.717, 1.165) is 11.3 Å². The maximum atomic E-state index is 4.22. The van der Waals surface area contributed by atoms with Crippen molar-refractivity contribution in [2.75, 3.05) is 0 Å². The van der Waals surface area contributed by atoms with Gasteiger partial charge < -0.3 is 4.98 Å². The maximum absolute atomic E-state index is 4.22. The first-order valence-electron chi connectivity index (χ1n) is 3.85. The minimum Gasteiger partial charge on any atom is -0.305 e. The number of aromatic nitrogens is 1. The van der Waals surface area contributed by atoms with E-state index in [4.69, 9.17) is 0 Å². The van der Waals surface area contributed by atoms with Crippen molar-refractivity contribution in [3.05, 3.63) is 54.7 Å². The molecule has 1 heterocycles. The van der Waals surface area contributed by atoms with Gasteiger partial charge in [0.1, 0.15) is 0 Å². The van der Waals surface area contributed by atoms with Gasteiger partial charge in [-0.25, -0.2) is 0 Å². The molecule has 0 amide bonds. The quantitative estimate of drug-likeness (QED) is 0.523. The second-order valence-electron chi connectivity index (χ2n) is 2.49. The van der Waals surface area contributed by atoms with Crippen LogP contribution in [0.15, 0.2) is 48.7 Å². The number of pyridine rings is 1. The molecule has 0 atom stereocenters. The molecule has 0 fully saturated rings. The van der Waals surface area contributed by atoms with Crippen LogP contribution in [0.5, 0.6) is 0 Å². The number of hydrogen-bond donors (Lipinski definition) is 0. The summed E-state index contributed by atoms with van der Waals surface area (Å²) in [6.45, 7) is 0. The summed E-state index contributed by atoms with van der Waals surface area (Å²) < 4.78 is 0. The van der Waals surface area contributed by atoms with E-state index >= 15 is 0 Å². The van der Waals surface area contributed by atoms with Crippen molar-refractivity contribution in [3.63, 3.8) is 0 Å². The number of rotatable bonds is 1. The van der Waals surface area contributed by atoms with Crippen LogP contribution in [-0.4, -0.2) is 4.98 Å². The van der Waals surface area contributed by atoms with Crippen molar-refractivity contribution < 1.29 is 16.5 Å². The molecule has 0 saturated heterocycles. The summed E-state index contributed by atoms with van der Waals surface area (Å²) in [6, 6.07) is 16.8. The van der Waals surface area contributed by atoms with E-state index in [0.29, 0.717) is 0 Å². The minimum atomic E-state index is 0. The standard InChI is InChI=1S/C11H8N.Ni/c1-2-6-10(7-3-1)11-8-4-5-9-12-11;/h1-6,8-9H;/q-1;. The zero-order valence-electron chi connectivity index (χ0n) is 6.88. The van der Waals surface area contributed by atoms with Crippen LogP contribution < -0.4 is 0 Å². The van der Waals surface area contributed by atoms with Crippen LogP contribution in [-0.2, 0) is 16.5 Å². The third-order valence-electron chi connectivity index (χ3n) is 1.65. The van der Waals surface area contributed by atoms with Gasteiger partial charge >= 0.3 is 0 Å². The summed E-state index contributed by atoms with van der Waals surface area (Å²) in [4.78, 5) is 4.22. The van der Waals surface area contributed by atoms with Gasteiger partial charge in [0.15, 0.2) is 0 Å². The molecule has 1 nitrogen and oxygen atoms in total. The van der Waals surface area contributed by atoms with Gasteiger partial charge in [0.25, 0.3) is 0 Å². The van der Waals surface area contributed by atoms with Crippen molar-refractivity contribution >= 4 is 0 Å². The molecule has 0 N–H and O–H groups in total. The normalized spacial score (nSPS) is 8.92. The van der Waals surface area contributed by atoms with E-state index in [1.807, 2.05) is 42.5 Å².